The van der Waals surface area contributed by atoms with Crippen molar-refractivity contribution in [3.05, 3.63) is 204 Å². The molecule has 0 unspecified atom stereocenters. The van der Waals surface area contributed by atoms with E-state index < -0.39 is 5.41 Å². The van der Waals surface area contributed by atoms with Crippen molar-refractivity contribution in [2.45, 2.75) is 5.41 Å². The van der Waals surface area contributed by atoms with Crippen LogP contribution in [0.3, 0.4) is 0 Å². The SMILES string of the molecule is c1ccc(C2(c3ccccc3)c3ccccc3Oc3ccc(-c4ccc(-c5cc6ccccc6c6ccccc56)cc4)cc32)cc1. The number of benzene rings is 8. The number of hydrogen-bond acceptors (Lipinski definition) is 1. The Morgan fingerprint density at radius 1 is 0.348 bits per heavy atom. The lowest BCUT2D eigenvalue weighted by atomic mass is 9.63. The van der Waals surface area contributed by atoms with Crippen molar-refractivity contribution in [1.29, 1.82) is 0 Å². The molecule has 46 heavy (non-hydrogen) atoms. The summed E-state index contributed by atoms with van der Waals surface area (Å²) in [6.07, 6.45) is 0. The topological polar surface area (TPSA) is 9.23 Å². The smallest absolute Gasteiger partial charge is 0.132 e. The van der Waals surface area contributed by atoms with Gasteiger partial charge in [0.2, 0.25) is 0 Å². The van der Waals surface area contributed by atoms with Gasteiger partial charge in [0.1, 0.15) is 11.5 Å². The fourth-order valence-corrected chi connectivity index (χ4v) is 7.52. The minimum absolute atomic E-state index is 0.535. The molecule has 1 nitrogen and oxygen atoms in total. The Hall–Kier alpha value is -5.92. The third kappa shape index (κ3) is 4.02. The van der Waals surface area contributed by atoms with Gasteiger partial charge in [-0.3, -0.25) is 0 Å². The quantitative estimate of drug-likeness (QED) is 0.186. The number of fused-ring (bicyclic) bond motifs is 5. The lowest BCUT2D eigenvalue weighted by Gasteiger charge is -2.41. The second-order valence-electron chi connectivity index (χ2n) is 12.1. The summed E-state index contributed by atoms with van der Waals surface area (Å²) in [5.41, 5.74) is 8.99. The predicted molar refractivity (Wildman–Crippen MR) is 191 cm³/mol. The first-order valence-electron chi connectivity index (χ1n) is 15.8. The van der Waals surface area contributed by atoms with Gasteiger partial charge in [-0.1, -0.05) is 158 Å². The van der Waals surface area contributed by atoms with Gasteiger partial charge >= 0.3 is 0 Å². The van der Waals surface area contributed by atoms with Crippen LogP contribution in [-0.2, 0) is 5.41 Å². The van der Waals surface area contributed by atoms with Crippen LogP contribution in [0.5, 0.6) is 11.5 Å². The highest BCUT2D eigenvalue weighted by Gasteiger charge is 2.45. The standard InChI is InChI=1S/C45H30O/c1-3-14-35(15-4-1)45(36-16-5-2-6-17-36)41-21-11-12-22-43(41)46-44-28-27-33(30-42(44)45)31-23-25-32(26-24-31)40-29-34-13-7-8-18-37(34)38-19-9-10-20-39(38)40/h1-30H. The molecule has 1 aliphatic heterocycles. The van der Waals surface area contributed by atoms with E-state index in [0.717, 1.165) is 28.2 Å². The van der Waals surface area contributed by atoms with Crippen LogP contribution < -0.4 is 4.74 Å². The molecule has 0 bridgehead atoms. The first-order chi connectivity index (χ1) is 22.8. The maximum Gasteiger partial charge on any atom is 0.132 e. The molecule has 216 valence electrons. The fourth-order valence-electron chi connectivity index (χ4n) is 7.52. The van der Waals surface area contributed by atoms with Gasteiger partial charge in [-0.2, -0.15) is 0 Å². The molecule has 1 aliphatic rings. The summed E-state index contributed by atoms with van der Waals surface area (Å²) in [5, 5.41) is 5.10. The summed E-state index contributed by atoms with van der Waals surface area (Å²) < 4.78 is 6.62. The Balaban J connectivity index is 1.22. The Bertz CT molecular complexity index is 2330. The summed E-state index contributed by atoms with van der Waals surface area (Å²) in [4.78, 5) is 0. The summed E-state index contributed by atoms with van der Waals surface area (Å²) in [7, 11) is 0. The average molecular weight is 587 g/mol. The van der Waals surface area contributed by atoms with Gasteiger partial charge in [0.25, 0.3) is 0 Å². The molecule has 0 aliphatic carbocycles. The van der Waals surface area contributed by atoms with Gasteiger partial charge < -0.3 is 4.74 Å². The zero-order valence-corrected chi connectivity index (χ0v) is 25.2. The maximum absolute atomic E-state index is 6.62. The first kappa shape index (κ1) is 26.5. The lowest BCUT2D eigenvalue weighted by molar-refractivity contribution is 0.434. The van der Waals surface area contributed by atoms with Crippen molar-refractivity contribution in [3.8, 4) is 33.8 Å². The first-order valence-corrected chi connectivity index (χ1v) is 15.8. The third-order valence-corrected chi connectivity index (χ3v) is 9.61. The molecule has 0 saturated heterocycles. The van der Waals surface area contributed by atoms with Gasteiger partial charge in [-0.25, -0.2) is 0 Å². The Morgan fingerprint density at radius 3 is 1.63 bits per heavy atom. The van der Waals surface area contributed by atoms with E-state index >= 15 is 0 Å². The average Bonchev–Trinajstić information content (AvgIpc) is 3.14. The number of hydrogen-bond donors (Lipinski definition) is 0. The summed E-state index contributed by atoms with van der Waals surface area (Å²) in [6.45, 7) is 0. The van der Waals surface area contributed by atoms with E-state index in [9.17, 15) is 0 Å². The van der Waals surface area contributed by atoms with Crippen LogP contribution in [0.15, 0.2) is 182 Å². The highest BCUT2D eigenvalue weighted by Crippen LogP contribution is 2.55. The van der Waals surface area contributed by atoms with E-state index in [1.165, 1.54) is 49.4 Å². The fraction of sp³-hybridized carbons (Fsp3) is 0.0222. The summed E-state index contributed by atoms with van der Waals surface area (Å²) >= 11 is 0. The number of ether oxygens (including phenoxy) is 1. The minimum atomic E-state index is -0.535. The normalized spacial score (nSPS) is 13.1. The molecule has 0 amide bonds. The number of para-hydroxylation sites is 1. The van der Waals surface area contributed by atoms with E-state index in [-0.39, 0.29) is 0 Å². The molecule has 8 aromatic rings. The Labute approximate surface area is 269 Å². The van der Waals surface area contributed by atoms with Crippen molar-refractivity contribution in [3.63, 3.8) is 0 Å². The maximum atomic E-state index is 6.62. The molecule has 1 heteroatoms. The zero-order chi connectivity index (χ0) is 30.5. The van der Waals surface area contributed by atoms with E-state index in [2.05, 4.69) is 182 Å². The van der Waals surface area contributed by atoms with Crippen LogP contribution in [-0.4, -0.2) is 0 Å². The second kappa shape index (κ2) is 10.6. The van der Waals surface area contributed by atoms with Crippen molar-refractivity contribution < 1.29 is 4.74 Å². The highest BCUT2D eigenvalue weighted by molar-refractivity contribution is 6.13. The molecule has 0 fully saturated rings. The van der Waals surface area contributed by atoms with E-state index in [1.807, 2.05) is 0 Å². The molecule has 8 aromatic carbocycles. The Morgan fingerprint density at radius 2 is 0.891 bits per heavy atom. The second-order valence-corrected chi connectivity index (χ2v) is 12.1. The molecule has 0 aromatic heterocycles. The van der Waals surface area contributed by atoms with Gasteiger partial charge in [0, 0.05) is 11.1 Å². The van der Waals surface area contributed by atoms with Crippen LogP contribution in [0.2, 0.25) is 0 Å². The molecule has 0 atom stereocenters. The molecule has 0 N–H and O–H groups in total. The van der Waals surface area contributed by atoms with E-state index in [1.54, 1.807) is 0 Å². The number of rotatable bonds is 4. The molecule has 9 rings (SSSR count). The molecule has 0 spiro atoms. The van der Waals surface area contributed by atoms with Crippen molar-refractivity contribution in [1.82, 2.24) is 0 Å². The van der Waals surface area contributed by atoms with Crippen molar-refractivity contribution >= 4 is 21.5 Å². The zero-order valence-electron chi connectivity index (χ0n) is 25.2. The van der Waals surface area contributed by atoms with Gasteiger partial charge in [0.05, 0.1) is 5.41 Å². The van der Waals surface area contributed by atoms with Gasteiger partial charge in [0.15, 0.2) is 0 Å². The third-order valence-electron chi connectivity index (χ3n) is 9.61. The van der Waals surface area contributed by atoms with Crippen molar-refractivity contribution in [2.75, 3.05) is 0 Å². The minimum Gasteiger partial charge on any atom is -0.457 e. The molecular weight excluding hydrogens is 556 g/mol. The summed E-state index contributed by atoms with van der Waals surface area (Å²) in [6, 6.07) is 65.6. The molecule has 0 radical (unpaired) electrons. The van der Waals surface area contributed by atoms with Crippen molar-refractivity contribution in [2.24, 2.45) is 0 Å². The van der Waals surface area contributed by atoms with E-state index in [4.69, 9.17) is 4.74 Å². The Kier molecular flexibility index (Phi) is 6.11. The lowest BCUT2D eigenvalue weighted by Crippen LogP contribution is -2.34. The largest absolute Gasteiger partial charge is 0.457 e. The highest BCUT2D eigenvalue weighted by atomic mass is 16.5. The van der Waals surface area contributed by atoms with Crippen LogP contribution in [0.1, 0.15) is 22.3 Å². The van der Waals surface area contributed by atoms with E-state index in [0.29, 0.717) is 0 Å². The van der Waals surface area contributed by atoms with Gasteiger partial charge in [-0.05, 0) is 79.2 Å². The van der Waals surface area contributed by atoms with Crippen LogP contribution >= 0.6 is 0 Å². The molecule has 1 heterocycles. The van der Waals surface area contributed by atoms with Gasteiger partial charge in [-0.15, -0.1) is 0 Å². The molecule has 0 saturated carbocycles. The predicted octanol–water partition coefficient (Wildman–Crippen LogP) is 11.8. The molecular formula is C45H30O. The summed E-state index contributed by atoms with van der Waals surface area (Å²) in [5.74, 6) is 1.77. The van der Waals surface area contributed by atoms with Crippen LogP contribution in [0.25, 0.3) is 43.8 Å². The van der Waals surface area contributed by atoms with Crippen LogP contribution in [0.4, 0.5) is 0 Å². The monoisotopic (exact) mass is 586 g/mol. The van der Waals surface area contributed by atoms with Crippen LogP contribution in [0, 0.1) is 0 Å².